The van der Waals surface area contributed by atoms with E-state index in [1.54, 1.807) is 12.1 Å². The first-order valence-corrected chi connectivity index (χ1v) is 8.54. The molecule has 0 bridgehead atoms. The fourth-order valence-corrected chi connectivity index (χ4v) is 3.04. The minimum atomic E-state index is -0.274. The predicted octanol–water partition coefficient (Wildman–Crippen LogP) is 0.438. The highest BCUT2D eigenvalue weighted by Crippen LogP contribution is 2.22. The van der Waals surface area contributed by atoms with Crippen LogP contribution in [0.4, 0.5) is 10.2 Å². The molecule has 140 valence electrons. The van der Waals surface area contributed by atoms with Gasteiger partial charge in [0.15, 0.2) is 5.82 Å². The van der Waals surface area contributed by atoms with Crippen molar-refractivity contribution in [3.8, 4) is 0 Å². The van der Waals surface area contributed by atoms with E-state index in [1.807, 2.05) is 0 Å². The number of aromatic nitrogens is 2. The first-order chi connectivity index (χ1) is 12.5. The maximum atomic E-state index is 13.3. The van der Waals surface area contributed by atoms with E-state index in [1.165, 1.54) is 12.1 Å². The lowest BCUT2D eigenvalue weighted by molar-refractivity contribution is -0.120. The van der Waals surface area contributed by atoms with E-state index in [2.05, 4.69) is 37.1 Å². The molecule has 1 amide bonds. The van der Waals surface area contributed by atoms with Gasteiger partial charge in [-0.05, 0) is 29.9 Å². The molecule has 2 aromatic rings. The highest BCUT2D eigenvalue weighted by molar-refractivity contribution is 5.79. The van der Waals surface area contributed by atoms with Gasteiger partial charge in [0.2, 0.25) is 5.91 Å². The van der Waals surface area contributed by atoms with Gasteiger partial charge in [-0.3, -0.25) is 9.69 Å². The van der Waals surface area contributed by atoms with Crippen LogP contribution in [0.15, 0.2) is 28.9 Å². The lowest BCUT2D eigenvalue weighted by Crippen LogP contribution is -2.48. The number of carbonyl (C=O) groups is 1. The number of hydrogen-bond acceptors (Lipinski definition) is 7. The molecular weight excluding hydrogens is 339 g/mol. The summed E-state index contributed by atoms with van der Waals surface area (Å²) in [5.41, 5.74) is 6.88. The number of amides is 1. The van der Waals surface area contributed by atoms with E-state index in [0.29, 0.717) is 12.2 Å². The monoisotopic (exact) mass is 362 g/mol. The second-order valence-corrected chi connectivity index (χ2v) is 6.48. The van der Waals surface area contributed by atoms with Crippen LogP contribution in [0.3, 0.4) is 0 Å². The molecule has 3 rings (SSSR count). The van der Waals surface area contributed by atoms with Crippen LogP contribution in [0, 0.1) is 5.82 Å². The van der Waals surface area contributed by atoms with Crippen molar-refractivity contribution >= 4 is 11.7 Å². The molecular formula is C17H23FN6O2. The zero-order chi connectivity index (χ0) is 18.5. The first kappa shape index (κ1) is 18.3. The minimum absolute atomic E-state index is 0.00814. The van der Waals surface area contributed by atoms with Crippen LogP contribution < -0.4 is 11.1 Å². The normalized spacial score (nSPS) is 17.2. The molecule has 1 atom stereocenters. The highest BCUT2D eigenvalue weighted by atomic mass is 19.1. The number of rotatable bonds is 6. The Labute approximate surface area is 151 Å². The number of benzene rings is 1. The van der Waals surface area contributed by atoms with Gasteiger partial charge in [0.05, 0.1) is 12.5 Å². The summed E-state index contributed by atoms with van der Waals surface area (Å²) >= 11 is 0. The number of nitrogens with one attached hydrogen (secondary N) is 1. The molecule has 1 aromatic carbocycles. The number of nitrogen functional groups attached to an aromatic ring is 1. The average Bonchev–Trinajstić information content (AvgIpc) is 3.03. The molecule has 1 unspecified atom stereocenters. The van der Waals surface area contributed by atoms with Crippen molar-refractivity contribution < 1.29 is 13.8 Å². The van der Waals surface area contributed by atoms with E-state index in [-0.39, 0.29) is 30.0 Å². The Morgan fingerprint density at radius 3 is 2.58 bits per heavy atom. The summed E-state index contributed by atoms with van der Waals surface area (Å²) in [6.07, 6.45) is 0.00814. The van der Waals surface area contributed by atoms with Gasteiger partial charge in [0.25, 0.3) is 0 Å². The second-order valence-electron chi connectivity index (χ2n) is 6.48. The van der Waals surface area contributed by atoms with E-state index in [4.69, 9.17) is 5.73 Å². The van der Waals surface area contributed by atoms with Gasteiger partial charge in [0, 0.05) is 32.7 Å². The summed E-state index contributed by atoms with van der Waals surface area (Å²) in [6.45, 7) is 4.09. The van der Waals surface area contributed by atoms with Gasteiger partial charge in [-0.25, -0.2) is 9.02 Å². The molecule has 26 heavy (non-hydrogen) atoms. The third-order valence-corrected chi connectivity index (χ3v) is 4.64. The zero-order valence-corrected chi connectivity index (χ0v) is 14.7. The van der Waals surface area contributed by atoms with Gasteiger partial charge in [-0.2, -0.15) is 0 Å². The van der Waals surface area contributed by atoms with Crippen LogP contribution in [0.1, 0.15) is 17.3 Å². The molecule has 9 heteroatoms. The number of anilines is 1. The van der Waals surface area contributed by atoms with Gasteiger partial charge in [-0.1, -0.05) is 17.3 Å². The smallest absolute Gasteiger partial charge is 0.226 e. The minimum Gasteiger partial charge on any atom is -0.379 e. The van der Waals surface area contributed by atoms with Crippen LogP contribution in [-0.2, 0) is 11.2 Å². The quantitative estimate of drug-likeness (QED) is 0.769. The molecule has 8 nitrogen and oxygen atoms in total. The second kappa shape index (κ2) is 8.24. The molecule has 2 heterocycles. The fraction of sp³-hybridized carbons (Fsp3) is 0.471. The van der Waals surface area contributed by atoms with E-state index >= 15 is 0 Å². The third-order valence-electron chi connectivity index (χ3n) is 4.64. The summed E-state index contributed by atoms with van der Waals surface area (Å²) in [5, 5.41) is 10.0. The van der Waals surface area contributed by atoms with E-state index in [0.717, 1.165) is 31.7 Å². The maximum absolute atomic E-state index is 13.3. The fourth-order valence-electron chi connectivity index (χ4n) is 3.04. The summed E-state index contributed by atoms with van der Waals surface area (Å²) in [5.74, 6) is -0.369. The van der Waals surface area contributed by atoms with Gasteiger partial charge < -0.3 is 16.0 Å². The number of likely N-dealkylation sites (N-methyl/N-ethyl adjacent to an activating group) is 1. The molecule has 1 fully saturated rings. The van der Waals surface area contributed by atoms with Crippen molar-refractivity contribution in [2.24, 2.45) is 0 Å². The van der Waals surface area contributed by atoms with Gasteiger partial charge in [-0.15, -0.1) is 0 Å². The number of carbonyl (C=O) groups excluding carboxylic acids is 1. The largest absolute Gasteiger partial charge is 0.379 e. The molecule has 0 radical (unpaired) electrons. The number of hydrogen-bond donors (Lipinski definition) is 2. The zero-order valence-electron chi connectivity index (χ0n) is 14.7. The summed E-state index contributed by atoms with van der Waals surface area (Å²) in [4.78, 5) is 16.8. The molecule has 0 spiro atoms. The molecule has 1 aromatic heterocycles. The third kappa shape index (κ3) is 4.55. The first-order valence-electron chi connectivity index (χ1n) is 8.54. The Balaban J connectivity index is 1.66. The van der Waals surface area contributed by atoms with Crippen molar-refractivity contribution in [2.75, 3.05) is 45.5 Å². The Hall–Kier alpha value is -2.52. The number of piperazine rings is 1. The van der Waals surface area contributed by atoms with E-state index in [9.17, 15) is 9.18 Å². The summed E-state index contributed by atoms with van der Waals surface area (Å²) < 4.78 is 17.8. The van der Waals surface area contributed by atoms with Crippen molar-refractivity contribution in [1.82, 2.24) is 25.4 Å². The molecule has 1 aliphatic rings. The van der Waals surface area contributed by atoms with Crippen molar-refractivity contribution in [2.45, 2.75) is 12.5 Å². The maximum Gasteiger partial charge on any atom is 0.226 e. The summed E-state index contributed by atoms with van der Waals surface area (Å²) in [6, 6.07) is 6.40. The lowest BCUT2D eigenvalue weighted by Gasteiger charge is -2.38. The van der Waals surface area contributed by atoms with Crippen LogP contribution >= 0.6 is 0 Å². The van der Waals surface area contributed by atoms with Crippen molar-refractivity contribution in [3.05, 3.63) is 41.3 Å². The Morgan fingerprint density at radius 2 is 1.96 bits per heavy atom. The topological polar surface area (TPSA) is 101 Å². The number of nitrogens with two attached hydrogens (primary N) is 1. The number of nitrogens with zero attached hydrogens (tertiary/aromatic N) is 4. The Bertz CT molecular complexity index is 727. The van der Waals surface area contributed by atoms with Crippen LogP contribution in [0.5, 0.6) is 0 Å². The van der Waals surface area contributed by atoms with Gasteiger partial charge >= 0.3 is 0 Å². The van der Waals surface area contributed by atoms with Gasteiger partial charge in [0.1, 0.15) is 11.5 Å². The SMILES string of the molecule is CN1CCN(C(CNC(=O)Cc2nonc2N)c2ccc(F)cc2)CC1. The van der Waals surface area contributed by atoms with Crippen molar-refractivity contribution in [3.63, 3.8) is 0 Å². The molecule has 3 N–H and O–H groups in total. The number of halogens is 1. The highest BCUT2D eigenvalue weighted by Gasteiger charge is 2.24. The lowest BCUT2D eigenvalue weighted by atomic mass is 10.0. The molecule has 0 saturated carbocycles. The van der Waals surface area contributed by atoms with Crippen LogP contribution in [0.25, 0.3) is 0 Å². The predicted molar refractivity (Wildman–Crippen MR) is 93.6 cm³/mol. The Morgan fingerprint density at radius 1 is 1.27 bits per heavy atom. The van der Waals surface area contributed by atoms with Crippen molar-refractivity contribution in [1.29, 1.82) is 0 Å². The summed E-state index contributed by atoms with van der Waals surface area (Å²) in [7, 11) is 2.09. The van der Waals surface area contributed by atoms with Crippen LogP contribution in [0.2, 0.25) is 0 Å². The molecule has 0 aliphatic carbocycles. The molecule has 1 aliphatic heterocycles. The van der Waals surface area contributed by atoms with Crippen LogP contribution in [-0.4, -0.2) is 65.8 Å². The molecule has 1 saturated heterocycles. The standard InChI is InChI=1S/C17H23FN6O2/c1-23-6-8-24(9-7-23)15(12-2-4-13(18)5-3-12)11-20-16(25)10-14-17(19)22-26-21-14/h2-5,15H,6-11H2,1H3,(H2,19,22)(H,20,25). The average molecular weight is 362 g/mol. The Kier molecular flexibility index (Phi) is 5.79. The van der Waals surface area contributed by atoms with E-state index < -0.39 is 0 Å².